The predicted octanol–water partition coefficient (Wildman–Crippen LogP) is -4.52. The number of ketones is 1. The summed E-state index contributed by atoms with van der Waals surface area (Å²) in [6, 6.07) is -2.70. The van der Waals surface area contributed by atoms with Gasteiger partial charge in [-0.2, -0.15) is 0 Å². The molecule has 2 saturated heterocycles. The summed E-state index contributed by atoms with van der Waals surface area (Å²) in [6.07, 6.45) is -8.45. The normalized spacial score (nSPS) is 48.9. The Bertz CT molecular complexity index is 865. The third-order valence-electron chi connectivity index (χ3n) is 8.94. The van der Waals surface area contributed by atoms with Crippen LogP contribution in [0.3, 0.4) is 0 Å². The number of nitrogens with two attached hydrogens (primary N) is 4. The molecule has 4 aliphatic rings. The maximum absolute atomic E-state index is 13.1. The first-order valence-electron chi connectivity index (χ1n) is 14.6. The second-order valence-corrected chi connectivity index (χ2v) is 12.1. The van der Waals surface area contributed by atoms with Crippen molar-refractivity contribution in [2.75, 3.05) is 19.7 Å². The number of likely N-dealkylation sites (N-methyl/N-ethyl adjacent to an activating group) is 1. The topological polar surface area (TPSA) is 271 Å². The van der Waals surface area contributed by atoms with Gasteiger partial charge in [0.15, 0.2) is 18.4 Å². The van der Waals surface area contributed by atoms with Crippen LogP contribution in [0.2, 0.25) is 0 Å². The second-order valence-electron chi connectivity index (χ2n) is 12.1. The zero-order valence-electron chi connectivity index (χ0n) is 23.5. The molecule has 2 aliphatic carbocycles. The van der Waals surface area contributed by atoms with E-state index in [0.717, 1.165) is 13.0 Å². The number of carbonyl (C=O) groups is 1. The van der Waals surface area contributed by atoms with Crippen molar-refractivity contribution in [1.82, 2.24) is 5.32 Å². The maximum Gasteiger partial charge on any atom is 0.186 e. The Labute approximate surface area is 239 Å². The van der Waals surface area contributed by atoms with Crippen molar-refractivity contribution in [3.05, 3.63) is 0 Å². The minimum atomic E-state index is -1.56. The van der Waals surface area contributed by atoms with Gasteiger partial charge >= 0.3 is 0 Å². The molecule has 0 amide bonds. The highest BCUT2D eigenvalue weighted by atomic mass is 16.7. The van der Waals surface area contributed by atoms with Gasteiger partial charge in [-0.15, -0.1) is 0 Å². The monoisotopic (exact) mass is 591 g/mol. The van der Waals surface area contributed by atoms with Crippen LogP contribution in [0, 0.1) is 5.92 Å². The van der Waals surface area contributed by atoms with E-state index in [1.54, 1.807) is 0 Å². The highest BCUT2D eigenvalue weighted by molar-refractivity contribution is 5.88. The van der Waals surface area contributed by atoms with Crippen molar-refractivity contribution < 1.29 is 49.3 Å². The first kappa shape index (κ1) is 33.0. The number of nitrogens with one attached hydrogen (secondary N) is 1. The fraction of sp³-hybridized carbons (Fsp3) is 0.962. The molecule has 15 heteroatoms. The quantitative estimate of drug-likeness (QED) is 0.108. The number of rotatable bonds is 11. The number of Topliss-reactive ketones (excluding diaryl/α,β-unsaturated/α-hetero) is 1. The summed E-state index contributed by atoms with van der Waals surface area (Å²) in [4.78, 5) is 13.1. The lowest BCUT2D eigenvalue weighted by Gasteiger charge is -2.49. The molecule has 2 aliphatic heterocycles. The molecular weight excluding hydrogens is 542 g/mol. The Hall–Kier alpha value is -0.890. The third-order valence-corrected chi connectivity index (χ3v) is 8.94. The van der Waals surface area contributed by atoms with Crippen LogP contribution in [-0.2, 0) is 23.7 Å². The van der Waals surface area contributed by atoms with Gasteiger partial charge < -0.3 is 72.7 Å². The number of hydrogen-bond acceptors (Lipinski definition) is 15. The van der Waals surface area contributed by atoms with E-state index in [9.17, 15) is 30.3 Å². The smallest absolute Gasteiger partial charge is 0.186 e. The van der Waals surface area contributed by atoms with Gasteiger partial charge in [-0.05, 0) is 44.6 Å². The van der Waals surface area contributed by atoms with Crippen LogP contribution in [0.5, 0.6) is 0 Å². The third kappa shape index (κ3) is 7.26. The average molecular weight is 592 g/mol. The Kier molecular flexibility index (Phi) is 11.1. The van der Waals surface area contributed by atoms with Crippen LogP contribution in [0.25, 0.3) is 0 Å². The molecular formula is C26H49N5O10. The van der Waals surface area contributed by atoms with Crippen LogP contribution < -0.4 is 28.3 Å². The van der Waals surface area contributed by atoms with E-state index < -0.39 is 91.2 Å². The summed E-state index contributed by atoms with van der Waals surface area (Å²) in [5, 5.41) is 56.1. The molecule has 0 aromatic carbocycles. The molecule has 1 unspecified atom stereocenters. The fourth-order valence-corrected chi connectivity index (χ4v) is 6.37. The van der Waals surface area contributed by atoms with Crippen LogP contribution >= 0.6 is 0 Å². The van der Waals surface area contributed by atoms with Crippen LogP contribution in [-0.4, -0.2) is 136 Å². The fourth-order valence-electron chi connectivity index (χ4n) is 6.37. The first-order valence-corrected chi connectivity index (χ1v) is 14.6. The molecule has 15 nitrogen and oxygen atoms in total. The van der Waals surface area contributed by atoms with Crippen molar-refractivity contribution in [2.45, 2.75) is 131 Å². The van der Waals surface area contributed by atoms with Crippen molar-refractivity contribution in [3.8, 4) is 0 Å². The van der Waals surface area contributed by atoms with E-state index in [4.69, 9.17) is 41.9 Å². The number of ether oxygens (including phenoxy) is 4. The summed E-state index contributed by atoms with van der Waals surface area (Å²) >= 11 is 0. The van der Waals surface area contributed by atoms with E-state index >= 15 is 0 Å². The highest BCUT2D eigenvalue weighted by Crippen LogP contribution is 2.39. The Morgan fingerprint density at radius 1 is 0.951 bits per heavy atom. The standard InChI is InChI=1S/C26H49N5O10/c1-2-31-9-13-3-4-14(28)24(38-13)41-23-15(29)5-11(6-17(33)26(37)7-12(27)8-26)22(21(23)36)40-25-20(35)18(30)19(34)16(10-32)39-25/h11-16,18-25,31-32,34-37H,2-10,27-30H2,1H3/t11-,12?,13-,14+,15-,16+,18-,19+,20+,21+,22-,23?,24+,25+,26?/m0/s1. The zero-order chi connectivity index (χ0) is 30.1. The number of hydrogen-bond donors (Lipinski definition) is 10. The number of aliphatic hydroxyl groups is 5. The van der Waals surface area contributed by atoms with E-state index in [0.29, 0.717) is 13.0 Å². The molecule has 0 aromatic heterocycles. The molecule has 14 N–H and O–H groups in total. The van der Waals surface area contributed by atoms with Crippen LogP contribution in [0.1, 0.15) is 45.4 Å². The van der Waals surface area contributed by atoms with Gasteiger partial charge in [0.1, 0.15) is 36.1 Å². The van der Waals surface area contributed by atoms with Gasteiger partial charge in [0.2, 0.25) is 0 Å². The van der Waals surface area contributed by atoms with Crippen LogP contribution in [0.4, 0.5) is 0 Å². The van der Waals surface area contributed by atoms with Gasteiger partial charge in [-0.1, -0.05) is 6.92 Å². The molecule has 13 atom stereocenters. The highest BCUT2D eigenvalue weighted by Gasteiger charge is 2.53. The second kappa shape index (κ2) is 13.8. The van der Waals surface area contributed by atoms with Gasteiger partial charge in [0.25, 0.3) is 0 Å². The van der Waals surface area contributed by atoms with Crippen LogP contribution in [0.15, 0.2) is 0 Å². The molecule has 2 heterocycles. The van der Waals surface area contributed by atoms with Gasteiger partial charge in [-0.3, -0.25) is 4.79 Å². The van der Waals surface area contributed by atoms with E-state index in [2.05, 4.69) is 5.32 Å². The summed E-state index contributed by atoms with van der Waals surface area (Å²) in [6.45, 7) is 2.78. The minimum Gasteiger partial charge on any atom is -0.394 e. The zero-order valence-corrected chi connectivity index (χ0v) is 23.5. The lowest BCUT2D eigenvalue weighted by atomic mass is 9.69. The molecule has 4 fully saturated rings. The molecule has 0 radical (unpaired) electrons. The molecule has 41 heavy (non-hydrogen) atoms. The Balaban J connectivity index is 1.53. The van der Waals surface area contributed by atoms with Gasteiger partial charge in [0.05, 0.1) is 30.9 Å². The summed E-state index contributed by atoms with van der Waals surface area (Å²) < 4.78 is 23.9. The Morgan fingerprint density at radius 2 is 1.63 bits per heavy atom. The molecule has 0 spiro atoms. The predicted molar refractivity (Wildman–Crippen MR) is 144 cm³/mol. The average Bonchev–Trinajstić information content (AvgIpc) is 2.92. The molecule has 238 valence electrons. The van der Waals surface area contributed by atoms with Crippen molar-refractivity contribution >= 4 is 5.78 Å². The van der Waals surface area contributed by atoms with E-state index in [1.807, 2.05) is 6.92 Å². The van der Waals surface area contributed by atoms with Gasteiger partial charge in [0, 0.05) is 25.0 Å². The number of aliphatic hydroxyl groups excluding tert-OH is 4. The summed E-state index contributed by atoms with van der Waals surface area (Å²) in [5.41, 5.74) is 23.0. The molecule has 0 aromatic rings. The van der Waals surface area contributed by atoms with E-state index in [1.165, 1.54) is 0 Å². The molecule has 4 rings (SSSR count). The van der Waals surface area contributed by atoms with Crippen molar-refractivity contribution in [2.24, 2.45) is 28.9 Å². The summed E-state index contributed by atoms with van der Waals surface area (Å²) in [7, 11) is 0. The van der Waals surface area contributed by atoms with Crippen molar-refractivity contribution in [3.63, 3.8) is 0 Å². The lowest BCUT2D eigenvalue weighted by molar-refractivity contribution is -0.318. The maximum atomic E-state index is 13.1. The largest absolute Gasteiger partial charge is 0.394 e. The van der Waals surface area contributed by atoms with Crippen molar-refractivity contribution in [1.29, 1.82) is 0 Å². The molecule has 2 saturated carbocycles. The van der Waals surface area contributed by atoms with E-state index in [-0.39, 0.29) is 37.8 Å². The lowest BCUT2D eigenvalue weighted by Crippen LogP contribution is -2.66. The number of carbonyl (C=O) groups excluding carboxylic acids is 1. The van der Waals surface area contributed by atoms with Gasteiger partial charge in [-0.25, -0.2) is 0 Å². The first-order chi connectivity index (χ1) is 19.4. The Morgan fingerprint density at radius 3 is 2.27 bits per heavy atom. The minimum absolute atomic E-state index is 0.130. The SMILES string of the molecule is CCNC[C@@H]1CC[C@@H](N)[C@@H](OC2[C@@H](N)C[C@@H](CC(=O)C3(O)CC(N)C3)[C@H](O[C@H]3O[C@H](CO)[C@@H](O)[C@H](N)[C@H]3O)[C@H]2O)O1. The molecule has 0 bridgehead atoms. The summed E-state index contributed by atoms with van der Waals surface area (Å²) in [5.74, 6) is -1.16.